The lowest BCUT2D eigenvalue weighted by molar-refractivity contribution is -0.152. The van der Waals surface area contributed by atoms with Crippen molar-refractivity contribution in [2.45, 2.75) is 25.3 Å². The highest BCUT2D eigenvalue weighted by molar-refractivity contribution is 7.90. The molecule has 0 saturated carbocycles. The van der Waals surface area contributed by atoms with Gasteiger partial charge in [-0.05, 0) is 43.2 Å². The molecule has 228 valence electrons. The number of guanidine groups is 1. The highest BCUT2D eigenvalue weighted by atomic mass is 32.2. The van der Waals surface area contributed by atoms with Gasteiger partial charge in [0.2, 0.25) is 5.91 Å². The van der Waals surface area contributed by atoms with Crippen molar-refractivity contribution in [3.05, 3.63) is 58.9 Å². The molecular formula is C24H27BFN7O9S. The van der Waals surface area contributed by atoms with E-state index in [-0.39, 0.29) is 43.1 Å². The third kappa shape index (κ3) is 6.84. The van der Waals surface area contributed by atoms with Gasteiger partial charge in [0, 0.05) is 25.2 Å². The summed E-state index contributed by atoms with van der Waals surface area (Å²) in [6.07, 6.45) is -0.100. The Labute approximate surface area is 244 Å². The molecule has 0 bridgehead atoms. The molecule has 2 aliphatic rings. The number of nitrogens with one attached hydrogen (secondary N) is 2. The van der Waals surface area contributed by atoms with Crippen molar-refractivity contribution < 1.29 is 46.8 Å². The van der Waals surface area contributed by atoms with E-state index in [2.05, 4.69) is 10.3 Å². The Bertz CT molecular complexity index is 1620. The fourth-order valence-corrected chi connectivity index (χ4v) is 5.08. The summed E-state index contributed by atoms with van der Waals surface area (Å²) in [4.78, 5) is 56.4. The molecular weight excluding hydrogens is 592 g/mol. The van der Waals surface area contributed by atoms with Crippen LogP contribution in [0.3, 0.4) is 0 Å². The van der Waals surface area contributed by atoms with E-state index < -0.39 is 70.3 Å². The molecule has 2 aliphatic heterocycles. The zero-order chi connectivity index (χ0) is 31.6. The van der Waals surface area contributed by atoms with E-state index in [0.29, 0.717) is 5.56 Å². The SMILES string of the molecule is CCN1CCN(C(N)=NC(C(=O)N[C@H]2Cc3cccc(C(=O)O)c3OB2O)c2cc(NS(N)(=O)=O)ccc2F)C(=O)C1=O. The van der Waals surface area contributed by atoms with Crippen molar-refractivity contribution >= 4 is 52.7 Å². The van der Waals surface area contributed by atoms with Crippen molar-refractivity contribution in [2.24, 2.45) is 15.9 Å². The van der Waals surface area contributed by atoms with Crippen LogP contribution in [0.15, 0.2) is 41.4 Å². The fourth-order valence-electron chi connectivity index (χ4n) is 4.63. The lowest BCUT2D eigenvalue weighted by Crippen LogP contribution is -2.58. The number of carbonyl (C=O) groups excluding carboxylic acids is 3. The summed E-state index contributed by atoms with van der Waals surface area (Å²) in [5.74, 6) is -7.15. The minimum atomic E-state index is -4.30. The van der Waals surface area contributed by atoms with Crippen LogP contribution in [0.1, 0.15) is 34.5 Å². The molecule has 8 N–H and O–H groups in total. The van der Waals surface area contributed by atoms with Crippen molar-refractivity contribution in [3.63, 3.8) is 0 Å². The number of nitrogens with two attached hydrogens (primary N) is 2. The maximum Gasteiger partial charge on any atom is 0.547 e. The molecule has 43 heavy (non-hydrogen) atoms. The number of fused-ring (bicyclic) bond motifs is 1. The summed E-state index contributed by atoms with van der Waals surface area (Å²) in [5.41, 5.74) is 5.45. The Kier molecular flexibility index (Phi) is 8.88. The fraction of sp³-hybridized carbons (Fsp3) is 0.292. The minimum absolute atomic E-state index is 0.0740. The highest BCUT2D eigenvalue weighted by Gasteiger charge is 2.40. The van der Waals surface area contributed by atoms with E-state index in [0.717, 1.165) is 23.1 Å². The van der Waals surface area contributed by atoms with Gasteiger partial charge in [-0.25, -0.2) is 19.3 Å². The van der Waals surface area contributed by atoms with Gasteiger partial charge in [0.05, 0.1) is 17.2 Å². The number of halogens is 1. The van der Waals surface area contributed by atoms with Gasteiger partial charge in [0.25, 0.3) is 10.2 Å². The van der Waals surface area contributed by atoms with Crippen LogP contribution in [-0.2, 0) is 31.0 Å². The number of hydrogen-bond donors (Lipinski definition) is 6. The zero-order valence-electron chi connectivity index (χ0n) is 22.6. The van der Waals surface area contributed by atoms with Crippen LogP contribution in [0.2, 0.25) is 0 Å². The second-order valence-corrected chi connectivity index (χ2v) is 10.8. The molecule has 1 unspecified atom stereocenters. The first-order valence-corrected chi connectivity index (χ1v) is 14.3. The Hall–Kier alpha value is -4.75. The second kappa shape index (κ2) is 12.2. The number of para-hydroxylation sites is 1. The minimum Gasteiger partial charge on any atom is -0.534 e. The summed E-state index contributed by atoms with van der Waals surface area (Å²) >= 11 is 0. The maximum absolute atomic E-state index is 15.1. The number of aromatic carboxylic acids is 1. The van der Waals surface area contributed by atoms with E-state index >= 15 is 4.39 Å². The number of piperazine rings is 1. The highest BCUT2D eigenvalue weighted by Crippen LogP contribution is 2.31. The normalized spacial score (nSPS) is 18.1. The van der Waals surface area contributed by atoms with Crippen LogP contribution < -0.4 is 25.6 Å². The van der Waals surface area contributed by atoms with Gasteiger partial charge in [0.1, 0.15) is 11.6 Å². The van der Waals surface area contributed by atoms with Gasteiger partial charge in [-0.2, -0.15) is 8.42 Å². The Morgan fingerprint density at radius 1 is 1.23 bits per heavy atom. The van der Waals surface area contributed by atoms with E-state index in [9.17, 15) is 37.7 Å². The van der Waals surface area contributed by atoms with Crippen molar-refractivity contribution in [1.29, 1.82) is 0 Å². The number of carboxylic acid groups (broad SMARTS) is 1. The van der Waals surface area contributed by atoms with Crippen molar-refractivity contribution in [2.75, 3.05) is 24.4 Å². The number of aliphatic imine (C=N–C) groups is 1. The first-order valence-electron chi connectivity index (χ1n) is 12.7. The average Bonchev–Trinajstić information content (AvgIpc) is 2.93. The second-order valence-electron chi connectivity index (χ2n) is 9.54. The summed E-state index contributed by atoms with van der Waals surface area (Å²) < 4.78 is 45.6. The molecule has 1 fully saturated rings. The number of likely N-dealkylation sites (N-methyl/N-ethyl adjacent to an activating group) is 1. The number of amides is 3. The number of carbonyl (C=O) groups is 4. The smallest absolute Gasteiger partial charge is 0.534 e. The predicted octanol–water partition coefficient (Wildman–Crippen LogP) is -1.67. The van der Waals surface area contributed by atoms with E-state index in [1.807, 2.05) is 4.72 Å². The van der Waals surface area contributed by atoms with Crippen LogP contribution in [0, 0.1) is 5.82 Å². The van der Waals surface area contributed by atoms with E-state index in [1.165, 1.54) is 23.1 Å². The predicted molar refractivity (Wildman–Crippen MR) is 149 cm³/mol. The Balaban J connectivity index is 1.70. The monoisotopic (exact) mass is 619 g/mol. The van der Waals surface area contributed by atoms with Crippen LogP contribution in [0.25, 0.3) is 0 Å². The first kappa shape index (κ1) is 31.2. The van der Waals surface area contributed by atoms with E-state index in [1.54, 1.807) is 6.92 Å². The van der Waals surface area contributed by atoms with Crippen LogP contribution in [0.4, 0.5) is 10.1 Å². The molecule has 2 atom stereocenters. The average molecular weight is 619 g/mol. The van der Waals surface area contributed by atoms with Crippen LogP contribution >= 0.6 is 0 Å². The van der Waals surface area contributed by atoms with Crippen molar-refractivity contribution in [3.8, 4) is 5.75 Å². The molecule has 16 nitrogen and oxygen atoms in total. The number of rotatable bonds is 8. The summed E-state index contributed by atoms with van der Waals surface area (Å²) in [5, 5.41) is 27.5. The van der Waals surface area contributed by atoms with Crippen LogP contribution in [0.5, 0.6) is 5.75 Å². The molecule has 1 saturated heterocycles. The van der Waals surface area contributed by atoms with Gasteiger partial charge in [-0.15, -0.1) is 0 Å². The topological polar surface area (TPSA) is 247 Å². The third-order valence-electron chi connectivity index (χ3n) is 6.70. The van der Waals surface area contributed by atoms with E-state index in [4.69, 9.17) is 15.5 Å². The lowest BCUT2D eigenvalue weighted by atomic mass is 9.72. The van der Waals surface area contributed by atoms with Crippen molar-refractivity contribution in [1.82, 2.24) is 15.1 Å². The third-order valence-corrected chi connectivity index (χ3v) is 7.23. The molecule has 0 spiro atoms. The number of hydrogen-bond acceptors (Lipinski definition) is 9. The lowest BCUT2D eigenvalue weighted by Gasteiger charge is -2.33. The van der Waals surface area contributed by atoms with Crippen LogP contribution in [-0.4, -0.2) is 90.7 Å². The molecule has 0 radical (unpaired) electrons. The van der Waals surface area contributed by atoms with Gasteiger partial charge in [0.15, 0.2) is 12.0 Å². The molecule has 2 aromatic rings. The molecule has 2 aromatic carbocycles. The largest absolute Gasteiger partial charge is 0.547 e. The summed E-state index contributed by atoms with van der Waals surface area (Å²) in [6, 6.07) is 5.18. The first-order chi connectivity index (χ1) is 20.2. The summed E-state index contributed by atoms with van der Waals surface area (Å²) in [6.45, 7) is 1.97. The number of carboxylic acids is 1. The van der Waals surface area contributed by atoms with Gasteiger partial charge < -0.3 is 30.7 Å². The van der Waals surface area contributed by atoms with Gasteiger partial charge in [-0.3, -0.25) is 24.0 Å². The molecule has 0 aliphatic carbocycles. The Morgan fingerprint density at radius 2 is 1.95 bits per heavy atom. The standard InChI is InChI=1S/C24H27BFN7O9S/c1-2-32-8-9-33(22(36)21(32)35)24(27)30-18(15-11-13(6-7-16(15)26)31-43(28,40)41)20(34)29-17-10-12-4-3-5-14(23(37)38)19(12)42-25(17)39/h3-7,11,17-18,31,39H,2,8-10H2,1H3,(H2,27,30)(H,29,34)(H,37,38)(H2,28,40,41)/t17-,18?/m0/s1. The number of benzene rings is 2. The van der Waals surface area contributed by atoms with Gasteiger partial charge in [-0.1, -0.05) is 12.1 Å². The molecule has 3 amide bonds. The quantitative estimate of drug-likeness (QED) is 0.0848. The zero-order valence-corrected chi connectivity index (χ0v) is 23.4. The molecule has 2 heterocycles. The Morgan fingerprint density at radius 3 is 2.60 bits per heavy atom. The number of anilines is 1. The molecule has 19 heteroatoms. The number of nitrogens with zero attached hydrogens (tertiary/aromatic N) is 3. The maximum atomic E-state index is 15.1. The van der Waals surface area contributed by atoms with Gasteiger partial charge >= 0.3 is 24.9 Å². The summed E-state index contributed by atoms with van der Waals surface area (Å²) in [7, 11) is -6.04. The molecule has 4 rings (SSSR count). The molecule has 0 aromatic heterocycles.